The van der Waals surface area contributed by atoms with Gasteiger partial charge in [-0.15, -0.1) is 0 Å². The molecule has 0 amide bonds. The molecule has 3 nitrogen and oxygen atoms in total. The monoisotopic (exact) mass is 416 g/mol. The van der Waals surface area contributed by atoms with Crippen LogP contribution >= 0.6 is 31.9 Å². The molecule has 0 saturated heterocycles. The molecule has 21 heavy (non-hydrogen) atoms. The number of hydrogen-bond acceptors (Lipinski definition) is 3. The number of rotatable bonds is 2. The van der Waals surface area contributed by atoms with Crippen LogP contribution in [-0.2, 0) is 0 Å². The van der Waals surface area contributed by atoms with Gasteiger partial charge < -0.3 is 14.6 Å². The van der Waals surface area contributed by atoms with Gasteiger partial charge in [0.1, 0.15) is 25.1 Å². The molecule has 0 radical (unpaired) electrons. The van der Waals surface area contributed by atoms with E-state index in [2.05, 4.69) is 31.9 Å². The third kappa shape index (κ3) is 2.93. The molecule has 0 aromatic heterocycles. The molecule has 6 heteroatoms. The summed E-state index contributed by atoms with van der Waals surface area (Å²) in [7, 11) is 0. The van der Waals surface area contributed by atoms with Crippen LogP contribution in [0.5, 0.6) is 11.5 Å². The summed E-state index contributed by atoms with van der Waals surface area (Å²) < 4.78 is 25.6. The van der Waals surface area contributed by atoms with E-state index in [-0.39, 0.29) is 0 Å². The highest BCUT2D eigenvalue weighted by atomic mass is 79.9. The second kappa shape index (κ2) is 5.94. The van der Waals surface area contributed by atoms with Crippen molar-refractivity contribution in [3.05, 3.63) is 56.2 Å². The summed E-state index contributed by atoms with van der Waals surface area (Å²) in [6.07, 6.45) is -0.960. The van der Waals surface area contributed by atoms with E-state index in [0.29, 0.717) is 44.8 Å². The Kier molecular flexibility index (Phi) is 4.19. The van der Waals surface area contributed by atoms with Gasteiger partial charge in [0.25, 0.3) is 0 Å². The van der Waals surface area contributed by atoms with Crippen molar-refractivity contribution in [3.63, 3.8) is 0 Å². The van der Waals surface area contributed by atoms with Crippen LogP contribution in [0.15, 0.2) is 39.3 Å². The molecular weight excluding hydrogens is 407 g/mol. The fourth-order valence-corrected chi connectivity index (χ4v) is 2.94. The first-order chi connectivity index (χ1) is 10.1. The largest absolute Gasteiger partial charge is 0.486 e. The molecule has 2 aromatic carbocycles. The number of halogens is 3. The van der Waals surface area contributed by atoms with Crippen molar-refractivity contribution in [1.82, 2.24) is 0 Å². The molecule has 0 saturated carbocycles. The molecule has 1 atom stereocenters. The lowest BCUT2D eigenvalue weighted by atomic mass is 10.0. The normalized spacial score (nSPS) is 14.9. The molecule has 1 N–H and O–H groups in total. The molecule has 2 aromatic rings. The molecule has 1 aliphatic heterocycles. The first-order valence-corrected chi connectivity index (χ1v) is 7.87. The molecule has 110 valence electrons. The summed E-state index contributed by atoms with van der Waals surface area (Å²) in [5.41, 5.74) is 1.06. The summed E-state index contributed by atoms with van der Waals surface area (Å²) in [4.78, 5) is 0. The molecule has 0 fully saturated rings. The predicted molar refractivity (Wildman–Crippen MR) is 83.3 cm³/mol. The maximum Gasteiger partial charge on any atom is 0.162 e. The van der Waals surface area contributed by atoms with Gasteiger partial charge in [0.2, 0.25) is 0 Å². The number of ether oxygens (including phenoxy) is 2. The van der Waals surface area contributed by atoms with Crippen molar-refractivity contribution in [2.75, 3.05) is 13.2 Å². The zero-order valence-electron chi connectivity index (χ0n) is 10.8. The fourth-order valence-electron chi connectivity index (χ4n) is 2.15. The van der Waals surface area contributed by atoms with Gasteiger partial charge in [-0.25, -0.2) is 4.39 Å². The Morgan fingerprint density at radius 3 is 2.33 bits per heavy atom. The molecule has 0 bridgehead atoms. The van der Waals surface area contributed by atoms with Gasteiger partial charge in [-0.3, -0.25) is 0 Å². The van der Waals surface area contributed by atoms with Crippen molar-refractivity contribution in [2.45, 2.75) is 6.10 Å². The van der Waals surface area contributed by atoms with Crippen LogP contribution in [0.2, 0.25) is 0 Å². The number of aliphatic hydroxyl groups excluding tert-OH is 1. The Morgan fingerprint density at radius 2 is 1.67 bits per heavy atom. The third-order valence-corrected chi connectivity index (χ3v) is 4.55. The van der Waals surface area contributed by atoms with E-state index in [1.807, 2.05) is 0 Å². The first kappa shape index (κ1) is 14.8. The number of hydrogen-bond donors (Lipinski definition) is 1. The molecule has 0 aliphatic carbocycles. The number of aliphatic hydroxyl groups is 1. The molecular formula is C15H11Br2FO3. The van der Waals surface area contributed by atoms with Gasteiger partial charge in [-0.2, -0.15) is 0 Å². The van der Waals surface area contributed by atoms with Crippen molar-refractivity contribution < 1.29 is 19.0 Å². The van der Waals surface area contributed by atoms with Gasteiger partial charge in [-0.1, -0.05) is 22.0 Å². The average Bonchev–Trinajstić information content (AvgIpc) is 2.48. The summed E-state index contributed by atoms with van der Waals surface area (Å²) in [6.45, 7) is 0.969. The second-order valence-corrected chi connectivity index (χ2v) is 6.30. The van der Waals surface area contributed by atoms with Crippen molar-refractivity contribution in [2.24, 2.45) is 0 Å². The fraction of sp³-hybridized carbons (Fsp3) is 0.200. The summed E-state index contributed by atoms with van der Waals surface area (Å²) in [5.74, 6) is 0.794. The summed E-state index contributed by atoms with van der Waals surface area (Å²) in [5, 5.41) is 10.5. The van der Waals surface area contributed by atoms with Gasteiger partial charge in [-0.05, 0) is 45.8 Å². The molecule has 3 rings (SSSR count). The van der Waals surface area contributed by atoms with E-state index in [1.165, 1.54) is 6.07 Å². The molecule has 0 spiro atoms. The van der Waals surface area contributed by atoms with Crippen LogP contribution in [0, 0.1) is 5.82 Å². The lowest BCUT2D eigenvalue weighted by molar-refractivity contribution is 0.169. The van der Waals surface area contributed by atoms with Crippen LogP contribution in [-0.4, -0.2) is 18.3 Å². The van der Waals surface area contributed by atoms with E-state index in [1.54, 1.807) is 24.3 Å². The molecule has 1 heterocycles. The smallest absolute Gasteiger partial charge is 0.162 e. The minimum Gasteiger partial charge on any atom is -0.486 e. The quantitative estimate of drug-likeness (QED) is 0.795. The zero-order chi connectivity index (χ0) is 15.0. The van der Waals surface area contributed by atoms with E-state index in [9.17, 15) is 9.50 Å². The maximum absolute atomic E-state index is 13.6. The van der Waals surface area contributed by atoms with E-state index in [0.717, 1.165) is 0 Å². The Balaban J connectivity index is 2.00. The SMILES string of the molecule is OC(c1ccc(Br)c(F)c1)c1cc2c(cc1Br)OCCO2. The van der Waals surface area contributed by atoms with Crippen molar-refractivity contribution in [3.8, 4) is 11.5 Å². The number of fused-ring (bicyclic) bond motifs is 1. The van der Waals surface area contributed by atoms with Crippen LogP contribution in [0.1, 0.15) is 17.2 Å². The Labute approximate surface area is 137 Å². The highest BCUT2D eigenvalue weighted by Crippen LogP contribution is 2.39. The van der Waals surface area contributed by atoms with Crippen LogP contribution < -0.4 is 9.47 Å². The van der Waals surface area contributed by atoms with E-state index < -0.39 is 11.9 Å². The Morgan fingerprint density at radius 1 is 1.00 bits per heavy atom. The Hall–Kier alpha value is -1.11. The number of benzene rings is 2. The van der Waals surface area contributed by atoms with Gasteiger partial charge in [0.15, 0.2) is 11.5 Å². The van der Waals surface area contributed by atoms with E-state index >= 15 is 0 Å². The van der Waals surface area contributed by atoms with Gasteiger partial charge in [0, 0.05) is 10.0 Å². The van der Waals surface area contributed by atoms with Crippen LogP contribution in [0.25, 0.3) is 0 Å². The van der Waals surface area contributed by atoms with Crippen LogP contribution in [0.3, 0.4) is 0 Å². The summed E-state index contributed by atoms with van der Waals surface area (Å²) in [6, 6.07) is 8.00. The lowest BCUT2D eigenvalue weighted by Gasteiger charge is -2.21. The first-order valence-electron chi connectivity index (χ1n) is 6.28. The molecule has 1 unspecified atom stereocenters. The van der Waals surface area contributed by atoms with Crippen LogP contribution in [0.4, 0.5) is 4.39 Å². The van der Waals surface area contributed by atoms with Gasteiger partial charge >= 0.3 is 0 Å². The predicted octanol–water partition coefficient (Wildman–Crippen LogP) is 4.20. The second-order valence-electron chi connectivity index (χ2n) is 4.59. The highest BCUT2D eigenvalue weighted by Gasteiger charge is 2.20. The Bertz CT molecular complexity index is 691. The van der Waals surface area contributed by atoms with Crippen molar-refractivity contribution in [1.29, 1.82) is 0 Å². The van der Waals surface area contributed by atoms with Crippen molar-refractivity contribution >= 4 is 31.9 Å². The zero-order valence-corrected chi connectivity index (χ0v) is 13.9. The standard InChI is InChI=1S/C15H11Br2FO3/c16-10-2-1-8(5-12(10)18)15(19)9-6-13-14(7-11(9)17)21-4-3-20-13/h1-2,5-7,15,19H,3-4H2. The summed E-state index contributed by atoms with van der Waals surface area (Å²) >= 11 is 6.50. The lowest BCUT2D eigenvalue weighted by Crippen LogP contribution is -2.16. The highest BCUT2D eigenvalue weighted by molar-refractivity contribution is 9.10. The van der Waals surface area contributed by atoms with Gasteiger partial charge in [0.05, 0.1) is 4.47 Å². The third-order valence-electron chi connectivity index (χ3n) is 3.22. The maximum atomic E-state index is 13.6. The minimum atomic E-state index is -0.960. The minimum absolute atomic E-state index is 0.361. The average molecular weight is 418 g/mol. The topological polar surface area (TPSA) is 38.7 Å². The molecule has 1 aliphatic rings. The van der Waals surface area contributed by atoms with E-state index in [4.69, 9.17) is 9.47 Å².